The Morgan fingerprint density at radius 1 is 1.22 bits per heavy atom. The molecule has 0 spiro atoms. The first-order valence-electron chi connectivity index (χ1n) is 11.7. The third kappa shape index (κ3) is 6.59. The van der Waals surface area contributed by atoms with Gasteiger partial charge in [0, 0.05) is 51.1 Å². The van der Waals surface area contributed by atoms with Gasteiger partial charge >= 0.3 is 6.03 Å². The molecule has 0 saturated heterocycles. The minimum atomic E-state index is -0.222. The highest BCUT2D eigenvalue weighted by Gasteiger charge is 2.25. The highest BCUT2D eigenvalue weighted by Crippen LogP contribution is 2.26. The van der Waals surface area contributed by atoms with Crippen LogP contribution < -0.4 is 20.7 Å². The quantitative estimate of drug-likeness (QED) is 0.663. The van der Waals surface area contributed by atoms with Crippen molar-refractivity contribution in [3.63, 3.8) is 0 Å². The Kier molecular flexibility index (Phi) is 8.75. The Bertz CT molecular complexity index is 781. The third-order valence-electron chi connectivity index (χ3n) is 6.43. The first-order valence-corrected chi connectivity index (χ1v) is 11.7. The Hall–Kier alpha value is -2.32. The van der Waals surface area contributed by atoms with Crippen molar-refractivity contribution in [1.29, 1.82) is 0 Å². The fraction of sp³-hybridized carbons (Fsp3) is 0.667. The summed E-state index contributed by atoms with van der Waals surface area (Å²) >= 11 is 0. The van der Waals surface area contributed by atoms with Gasteiger partial charge in [0.2, 0.25) is 0 Å². The standard InChI is InChI=1S/C24H38N4O4/c1-16-13-25-17(2)15-32-21-12-19(27-24(30)26-18-8-6-5-7-9-18)10-11-20(21)23(29)28(3)14-22(16)31-4/h10-12,16-18,22,25H,5-9,13-15H2,1-4H3,(H2,26,27,30)/t16-,17-,22-/m1/s1. The molecule has 0 radical (unpaired) electrons. The summed E-state index contributed by atoms with van der Waals surface area (Å²) in [5.74, 6) is 0.577. The van der Waals surface area contributed by atoms with E-state index in [0.717, 1.165) is 32.2 Å². The fourth-order valence-corrected chi connectivity index (χ4v) is 4.33. The summed E-state index contributed by atoms with van der Waals surface area (Å²) in [6.07, 6.45) is 5.52. The van der Waals surface area contributed by atoms with Crippen LogP contribution in [0.25, 0.3) is 0 Å². The normalized spacial score (nSPS) is 25.7. The SMILES string of the molecule is CO[C@@H]1CN(C)C(=O)c2ccc(NC(=O)NC3CCCCC3)cc2OC[C@@H](C)NC[C@H]1C. The van der Waals surface area contributed by atoms with Crippen molar-refractivity contribution in [2.75, 3.05) is 39.2 Å². The van der Waals surface area contributed by atoms with Crippen LogP contribution in [0.5, 0.6) is 5.75 Å². The number of likely N-dealkylation sites (N-methyl/N-ethyl adjacent to an activating group) is 1. The number of anilines is 1. The Morgan fingerprint density at radius 3 is 2.69 bits per heavy atom. The topological polar surface area (TPSA) is 91.9 Å². The number of carbonyl (C=O) groups is 2. The van der Waals surface area contributed by atoms with E-state index >= 15 is 0 Å². The Morgan fingerprint density at radius 2 is 1.97 bits per heavy atom. The molecule has 0 unspecified atom stereocenters. The first kappa shape index (κ1) is 24.3. The number of hydrogen-bond donors (Lipinski definition) is 3. The summed E-state index contributed by atoms with van der Waals surface area (Å²) in [7, 11) is 3.46. The van der Waals surface area contributed by atoms with Crippen LogP contribution in [-0.4, -0.2) is 68.9 Å². The van der Waals surface area contributed by atoms with E-state index in [2.05, 4.69) is 22.9 Å². The molecule has 2 aliphatic rings. The average Bonchev–Trinajstić information content (AvgIpc) is 2.79. The van der Waals surface area contributed by atoms with Gasteiger partial charge in [-0.15, -0.1) is 0 Å². The van der Waals surface area contributed by atoms with Gasteiger partial charge in [-0.3, -0.25) is 4.79 Å². The van der Waals surface area contributed by atoms with Crippen molar-refractivity contribution in [2.24, 2.45) is 5.92 Å². The molecule has 32 heavy (non-hydrogen) atoms. The number of nitrogens with zero attached hydrogens (tertiary/aromatic N) is 1. The number of ether oxygens (including phenoxy) is 2. The average molecular weight is 447 g/mol. The van der Waals surface area contributed by atoms with Crippen molar-refractivity contribution in [3.8, 4) is 5.75 Å². The van der Waals surface area contributed by atoms with E-state index in [4.69, 9.17) is 9.47 Å². The molecule has 8 nitrogen and oxygen atoms in total. The smallest absolute Gasteiger partial charge is 0.319 e. The van der Waals surface area contributed by atoms with Crippen molar-refractivity contribution < 1.29 is 19.1 Å². The number of fused-ring (bicyclic) bond motifs is 1. The number of nitrogens with one attached hydrogen (secondary N) is 3. The van der Waals surface area contributed by atoms with Gasteiger partial charge in [0.25, 0.3) is 5.91 Å². The van der Waals surface area contributed by atoms with Gasteiger partial charge in [-0.25, -0.2) is 4.79 Å². The van der Waals surface area contributed by atoms with Crippen LogP contribution in [0, 0.1) is 5.92 Å². The summed E-state index contributed by atoms with van der Waals surface area (Å²) in [4.78, 5) is 27.3. The fourth-order valence-electron chi connectivity index (χ4n) is 4.33. The maximum Gasteiger partial charge on any atom is 0.319 e. The van der Waals surface area contributed by atoms with E-state index in [9.17, 15) is 9.59 Å². The summed E-state index contributed by atoms with van der Waals surface area (Å²) in [6.45, 7) is 5.82. The second-order valence-electron chi connectivity index (χ2n) is 9.20. The number of hydrogen-bond acceptors (Lipinski definition) is 5. The molecular weight excluding hydrogens is 408 g/mol. The first-order chi connectivity index (χ1) is 15.4. The van der Waals surface area contributed by atoms with Crippen molar-refractivity contribution in [1.82, 2.24) is 15.5 Å². The molecule has 1 aliphatic heterocycles. The molecule has 178 valence electrons. The number of carbonyl (C=O) groups excluding carboxylic acids is 2. The molecule has 3 atom stereocenters. The number of rotatable bonds is 3. The van der Waals surface area contributed by atoms with Gasteiger partial charge in [0.15, 0.2) is 0 Å². The van der Waals surface area contributed by atoms with Crippen LogP contribution in [0.4, 0.5) is 10.5 Å². The molecule has 1 aliphatic carbocycles. The zero-order valence-corrected chi connectivity index (χ0v) is 19.8. The zero-order valence-electron chi connectivity index (χ0n) is 19.8. The summed E-state index contributed by atoms with van der Waals surface area (Å²) in [6, 6.07) is 5.30. The van der Waals surface area contributed by atoms with Crippen molar-refractivity contribution in [2.45, 2.75) is 64.1 Å². The van der Waals surface area contributed by atoms with E-state index in [-0.39, 0.29) is 36.0 Å². The lowest BCUT2D eigenvalue weighted by molar-refractivity contribution is 0.0281. The summed E-state index contributed by atoms with van der Waals surface area (Å²) in [5.41, 5.74) is 1.07. The lowest BCUT2D eigenvalue weighted by Gasteiger charge is -2.30. The molecule has 3 N–H and O–H groups in total. The molecule has 1 fully saturated rings. The largest absolute Gasteiger partial charge is 0.491 e. The molecule has 1 aromatic carbocycles. The maximum absolute atomic E-state index is 13.2. The lowest BCUT2D eigenvalue weighted by atomic mass is 9.96. The molecule has 3 rings (SSSR count). The number of methoxy groups -OCH3 is 1. The Balaban J connectivity index is 1.76. The molecule has 8 heteroatoms. The minimum absolute atomic E-state index is 0.0723. The molecule has 1 heterocycles. The molecule has 1 aromatic rings. The zero-order chi connectivity index (χ0) is 23.1. The molecule has 1 saturated carbocycles. The third-order valence-corrected chi connectivity index (χ3v) is 6.43. The maximum atomic E-state index is 13.2. The molecule has 3 amide bonds. The highest BCUT2D eigenvalue weighted by molar-refractivity contribution is 5.98. The predicted molar refractivity (Wildman–Crippen MR) is 125 cm³/mol. The Labute approximate surface area is 191 Å². The van der Waals surface area contributed by atoms with Crippen LogP contribution in [0.3, 0.4) is 0 Å². The van der Waals surface area contributed by atoms with Gasteiger partial charge in [-0.2, -0.15) is 0 Å². The van der Waals surface area contributed by atoms with E-state index in [0.29, 0.717) is 30.2 Å². The van der Waals surface area contributed by atoms with Crippen LogP contribution in [0.1, 0.15) is 56.3 Å². The van der Waals surface area contributed by atoms with Crippen LogP contribution >= 0.6 is 0 Å². The minimum Gasteiger partial charge on any atom is -0.491 e. The van der Waals surface area contributed by atoms with E-state index in [1.54, 1.807) is 37.3 Å². The van der Waals surface area contributed by atoms with Gasteiger partial charge in [0.05, 0.1) is 11.7 Å². The number of amides is 3. The van der Waals surface area contributed by atoms with Crippen molar-refractivity contribution in [3.05, 3.63) is 23.8 Å². The van der Waals surface area contributed by atoms with Crippen LogP contribution in [0.2, 0.25) is 0 Å². The van der Waals surface area contributed by atoms with Gasteiger partial charge in [-0.05, 0) is 37.8 Å². The van der Waals surface area contributed by atoms with Gasteiger partial charge < -0.3 is 30.3 Å². The van der Waals surface area contributed by atoms with Crippen molar-refractivity contribution >= 4 is 17.6 Å². The van der Waals surface area contributed by atoms with Gasteiger partial charge in [-0.1, -0.05) is 26.2 Å². The molecule has 0 aromatic heterocycles. The molecular formula is C24H38N4O4. The van der Waals surface area contributed by atoms with E-state index in [1.165, 1.54) is 6.42 Å². The summed E-state index contributed by atoms with van der Waals surface area (Å²) < 4.78 is 11.7. The summed E-state index contributed by atoms with van der Waals surface area (Å²) in [5, 5.41) is 9.42. The lowest BCUT2D eigenvalue weighted by Crippen LogP contribution is -2.44. The highest BCUT2D eigenvalue weighted by atomic mass is 16.5. The predicted octanol–water partition coefficient (Wildman–Crippen LogP) is 3.23. The number of urea groups is 1. The van der Waals surface area contributed by atoms with Crippen LogP contribution in [-0.2, 0) is 4.74 Å². The van der Waals surface area contributed by atoms with E-state index in [1.807, 2.05) is 6.92 Å². The van der Waals surface area contributed by atoms with Gasteiger partial charge in [0.1, 0.15) is 12.4 Å². The van der Waals surface area contributed by atoms with E-state index < -0.39 is 0 Å². The second-order valence-corrected chi connectivity index (χ2v) is 9.20. The van der Waals surface area contributed by atoms with Crippen LogP contribution in [0.15, 0.2) is 18.2 Å². The monoisotopic (exact) mass is 446 g/mol. The molecule has 0 bridgehead atoms. The number of benzene rings is 1. The second kappa shape index (κ2) is 11.5.